The van der Waals surface area contributed by atoms with Crippen LogP contribution in [0, 0.1) is 0 Å². The summed E-state index contributed by atoms with van der Waals surface area (Å²) < 4.78 is 10.3. The number of carbonyl (C=O) groups excluding carboxylic acids is 5. The van der Waals surface area contributed by atoms with Crippen LogP contribution >= 0.6 is 0 Å². The fourth-order valence-electron chi connectivity index (χ4n) is 2.57. The molecule has 0 unspecified atom stereocenters. The van der Waals surface area contributed by atoms with Crippen molar-refractivity contribution < 1.29 is 43.7 Å². The first kappa shape index (κ1) is 24.7. The lowest BCUT2D eigenvalue weighted by Gasteiger charge is -2.11. The summed E-state index contributed by atoms with van der Waals surface area (Å²) in [6.07, 6.45) is 3.83. The third-order valence-electron chi connectivity index (χ3n) is 4.15. The summed E-state index contributed by atoms with van der Waals surface area (Å²) in [7, 11) is 1.33. The number of rotatable bonds is 11. The molecule has 0 spiro atoms. The zero-order valence-corrected chi connectivity index (χ0v) is 17.5. The Hall–Kier alpha value is -4.53. The Kier molecular flexibility index (Phi) is 8.81. The van der Waals surface area contributed by atoms with Gasteiger partial charge in [0.25, 0.3) is 0 Å². The number of ether oxygens (including phenoxy) is 2. The lowest BCUT2D eigenvalue weighted by atomic mass is 10.1. The number of Topliss-reactive ketones (excluding diaryl/α,β-unsaturated/α-hetero) is 1. The zero-order chi connectivity index (χ0) is 24.4. The lowest BCUT2D eigenvalue weighted by Crippen LogP contribution is -2.15. The average molecular weight is 452 g/mol. The maximum atomic E-state index is 12.2. The molecule has 9 nitrogen and oxygen atoms in total. The standard InChI is InChI=1S/C24H20O9/c1-32-22-4-2-3-16(24(22)33-23(31)13-19(28)14-25)7-9-18(27)12-17(26)8-5-15-6-10-20(29)21(30)11-15/h2-11,14,29-30H,12-13H2,1H3. The summed E-state index contributed by atoms with van der Waals surface area (Å²) >= 11 is 0. The van der Waals surface area contributed by atoms with Gasteiger partial charge in [0.15, 0.2) is 40.9 Å². The van der Waals surface area contributed by atoms with Crippen LogP contribution in [0.1, 0.15) is 24.0 Å². The fourth-order valence-corrected chi connectivity index (χ4v) is 2.57. The van der Waals surface area contributed by atoms with Gasteiger partial charge in [-0.3, -0.25) is 24.0 Å². The molecule has 170 valence electrons. The molecule has 0 amide bonds. The minimum Gasteiger partial charge on any atom is -0.504 e. The van der Waals surface area contributed by atoms with Crippen molar-refractivity contribution in [1.82, 2.24) is 0 Å². The number of hydrogen-bond donors (Lipinski definition) is 2. The van der Waals surface area contributed by atoms with Crippen LogP contribution in [-0.4, -0.2) is 46.9 Å². The zero-order valence-electron chi connectivity index (χ0n) is 17.5. The molecule has 0 bridgehead atoms. The first-order chi connectivity index (χ1) is 15.7. The van der Waals surface area contributed by atoms with Gasteiger partial charge in [0.05, 0.1) is 13.5 Å². The van der Waals surface area contributed by atoms with Crippen molar-refractivity contribution in [3.05, 3.63) is 59.7 Å². The van der Waals surface area contributed by atoms with Crippen LogP contribution in [0.15, 0.2) is 48.6 Å². The Bertz CT molecular complexity index is 1140. The fraction of sp³-hybridized carbons (Fsp3) is 0.125. The molecular weight excluding hydrogens is 432 g/mol. The first-order valence-corrected chi connectivity index (χ1v) is 9.53. The van der Waals surface area contributed by atoms with E-state index in [2.05, 4.69) is 0 Å². The molecule has 0 aromatic heterocycles. The molecule has 0 aliphatic carbocycles. The number of aldehydes is 1. The van der Waals surface area contributed by atoms with Gasteiger partial charge in [0, 0.05) is 5.56 Å². The van der Waals surface area contributed by atoms with E-state index in [1.807, 2.05) is 0 Å². The number of carbonyl (C=O) groups is 5. The van der Waals surface area contributed by atoms with E-state index in [9.17, 15) is 34.2 Å². The van der Waals surface area contributed by atoms with Crippen molar-refractivity contribution >= 4 is 41.8 Å². The molecule has 0 atom stereocenters. The van der Waals surface area contributed by atoms with E-state index >= 15 is 0 Å². The molecule has 2 aromatic rings. The minimum absolute atomic E-state index is 0.0127. The van der Waals surface area contributed by atoms with E-state index in [1.165, 1.54) is 55.7 Å². The predicted octanol–water partition coefficient (Wildman–Crippen LogP) is 2.42. The number of phenols is 2. The van der Waals surface area contributed by atoms with Gasteiger partial charge in [0.2, 0.25) is 5.78 Å². The van der Waals surface area contributed by atoms with Crippen LogP contribution in [0.3, 0.4) is 0 Å². The SMILES string of the molecule is COc1cccc(C=CC(=O)CC(=O)C=Cc2ccc(O)c(O)c2)c1OC(=O)CC(=O)C=O. The van der Waals surface area contributed by atoms with Crippen molar-refractivity contribution in [1.29, 1.82) is 0 Å². The molecule has 0 aliphatic rings. The molecule has 33 heavy (non-hydrogen) atoms. The van der Waals surface area contributed by atoms with Crippen molar-refractivity contribution in [2.24, 2.45) is 0 Å². The highest BCUT2D eigenvalue weighted by Gasteiger charge is 2.16. The van der Waals surface area contributed by atoms with E-state index in [1.54, 1.807) is 6.07 Å². The van der Waals surface area contributed by atoms with Gasteiger partial charge < -0.3 is 19.7 Å². The molecule has 0 aliphatic heterocycles. The van der Waals surface area contributed by atoms with Gasteiger partial charge in [-0.1, -0.05) is 24.3 Å². The van der Waals surface area contributed by atoms with Gasteiger partial charge in [-0.05, 0) is 42.0 Å². The molecule has 0 fully saturated rings. The summed E-state index contributed by atoms with van der Waals surface area (Å²) in [6, 6.07) is 8.61. The molecule has 2 aromatic carbocycles. The number of hydrogen-bond acceptors (Lipinski definition) is 9. The van der Waals surface area contributed by atoms with Gasteiger partial charge in [-0.15, -0.1) is 0 Å². The number of methoxy groups -OCH3 is 1. The molecule has 9 heteroatoms. The van der Waals surface area contributed by atoms with Crippen LogP contribution in [0.25, 0.3) is 12.2 Å². The summed E-state index contributed by atoms with van der Waals surface area (Å²) in [5.41, 5.74) is 0.731. The van der Waals surface area contributed by atoms with E-state index in [4.69, 9.17) is 9.47 Å². The number of phenolic OH excluding ortho intramolecular Hbond substituents is 2. The average Bonchev–Trinajstić information content (AvgIpc) is 2.78. The number of benzene rings is 2. The highest BCUT2D eigenvalue weighted by molar-refractivity contribution is 6.29. The second kappa shape index (κ2) is 11.8. The number of esters is 1. The highest BCUT2D eigenvalue weighted by Crippen LogP contribution is 2.32. The second-order valence-corrected chi connectivity index (χ2v) is 6.64. The molecule has 0 saturated carbocycles. The molecule has 0 saturated heterocycles. The Morgan fingerprint density at radius 3 is 2.21 bits per heavy atom. The summed E-state index contributed by atoms with van der Waals surface area (Å²) in [6.45, 7) is 0. The van der Waals surface area contributed by atoms with Crippen LogP contribution < -0.4 is 9.47 Å². The Labute approximate surface area is 188 Å². The normalized spacial score (nSPS) is 10.8. The Morgan fingerprint density at radius 2 is 1.58 bits per heavy atom. The number of allylic oxidation sites excluding steroid dienone is 2. The highest BCUT2D eigenvalue weighted by atomic mass is 16.6. The lowest BCUT2D eigenvalue weighted by molar-refractivity contribution is -0.140. The van der Waals surface area contributed by atoms with Crippen LogP contribution in [0.4, 0.5) is 0 Å². The maximum absolute atomic E-state index is 12.2. The third-order valence-corrected chi connectivity index (χ3v) is 4.15. The largest absolute Gasteiger partial charge is 0.504 e. The van der Waals surface area contributed by atoms with Crippen molar-refractivity contribution in [3.63, 3.8) is 0 Å². The van der Waals surface area contributed by atoms with Crippen molar-refractivity contribution in [3.8, 4) is 23.0 Å². The van der Waals surface area contributed by atoms with E-state index in [-0.39, 0.29) is 34.8 Å². The first-order valence-electron chi connectivity index (χ1n) is 9.53. The second-order valence-electron chi connectivity index (χ2n) is 6.64. The number of para-hydroxylation sites is 1. The topological polar surface area (TPSA) is 144 Å². The minimum atomic E-state index is -0.974. The van der Waals surface area contributed by atoms with Gasteiger partial charge in [-0.2, -0.15) is 0 Å². The summed E-state index contributed by atoms with van der Waals surface area (Å²) in [4.78, 5) is 57.6. The molecule has 0 radical (unpaired) electrons. The molecular formula is C24H20O9. The van der Waals surface area contributed by atoms with Crippen LogP contribution in [0.5, 0.6) is 23.0 Å². The number of ketones is 3. The molecule has 0 heterocycles. The quantitative estimate of drug-likeness (QED) is 0.0998. The van der Waals surface area contributed by atoms with E-state index < -0.39 is 36.2 Å². The maximum Gasteiger partial charge on any atom is 0.319 e. The van der Waals surface area contributed by atoms with Gasteiger partial charge in [0.1, 0.15) is 6.42 Å². The van der Waals surface area contributed by atoms with Crippen LogP contribution in [0.2, 0.25) is 0 Å². The van der Waals surface area contributed by atoms with Crippen molar-refractivity contribution in [2.75, 3.05) is 7.11 Å². The Morgan fingerprint density at radius 1 is 0.879 bits per heavy atom. The van der Waals surface area contributed by atoms with Crippen molar-refractivity contribution in [2.45, 2.75) is 12.8 Å². The van der Waals surface area contributed by atoms with Gasteiger partial charge in [-0.25, -0.2) is 0 Å². The molecule has 2 N–H and O–H groups in total. The predicted molar refractivity (Wildman–Crippen MR) is 117 cm³/mol. The summed E-state index contributed by atoms with van der Waals surface area (Å²) in [5.74, 6) is -3.48. The monoisotopic (exact) mass is 452 g/mol. The van der Waals surface area contributed by atoms with E-state index in [0.29, 0.717) is 5.56 Å². The molecule has 2 rings (SSSR count). The smallest absolute Gasteiger partial charge is 0.319 e. The van der Waals surface area contributed by atoms with Crippen LogP contribution in [-0.2, 0) is 24.0 Å². The van der Waals surface area contributed by atoms with Gasteiger partial charge >= 0.3 is 5.97 Å². The summed E-state index contributed by atoms with van der Waals surface area (Å²) in [5, 5.41) is 18.7. The number of aromatic hydroxyl groups is 2. The third kappa shape index (κ3) is 7.59. The Balaban J connectivity index is 2.08. The van der Waals surface area contributed by atoms with E-state index in [0.717, 1.165) is 6.08 Å².